The van der Waals surface area contributed by atoms with E-state index in [1.807, 2.05) is 13.8 Å². The Bertz CT molecular complexity index is 489. The summed E-state index contributed by atoms with van der Waals surface area (Å²) in [6.45, 7) is 5.18. The molecule has 1 rings (SSSR count). The number of nitrogens with one attached hydrogen (secondary N) is 2. The van der Waals surface area contributed by atoms with Crippen LogP contribution in [0.15, 0.2) is 18.2 Å². The van der Waals surface area contributed by atoms with Gasteiger partial charge in [-0.25, -0.2) is 0 Å². The van der Waals surface area contributed by atoms with E-state index in [0.29, 0.717) is 24.7 Å². The fourth-order valence-electron chi connectivity index (χ4n) is 1.61. The summed E-state index contributed by atoms with van der Waals surface area (Å²) in [7, 11) is 1.33. The van der Waals surface area contributed by atoms with Gasteiger partial charge in [0.2, 0.25) is 0 Å². The zero-order chi connectivity index (χ0) is 15.1. The monoisotopic (exact) mass is 281 g/mol. The SMILES string of the molecule is COc1cc(C(=O)NCCNC(C)C)ccc1[N+](=O)[O-]. The lowest BCUT2D eigenvalue weighted by Crippen LogP contribution is -2.34. The molecule has 0 aromatic heterocycles. The number of hydrogen-bond acceptors (Lipinski definition) is 5. The second kappa shape index (κ2) is 7.44. The topological polar surface area (TPSA) is 93.5 Å². The Hall–Kier alpha value is -2.15. The molecule has 7 nitrogen and oxygen atoms in total. The van der Waals surface area contributed by atoms with Gasteiger partial charge in [-0.2, -0.15) is 0 Å². The third-order valence-electron chi connectivity index (χ3n) is 2.60. The van der Waals surface area contributed by atoms with Gasteiger partial charge in [0.1, 0.15) is 0 Å². The molecular formula is C13H19N3O4. The van der Waals surface area contributed by atoms with Crippen LogP contribution < -0.4 is 15.4 Å². The van der Waals surface area contributed by atoms with E-state index in [9.17, 15) is 14.9 Å². The van der Waals surface area contributed by atoms with E-state index in [2.05, 4.69) is 10.6 Å². The molecule has 0 aliphatic heterocycles. The average Bonchev–Trinajstić information content (AvgIpc) is 2.42. The van der Waals surface area contributed by atoms with Gasteiger partial charge < -0.3 is 15.4 Å². The van der Waals surface area contributed by atoms with Crippen molar-refractivity contribution in [2.24, 2.45) is 0 Å². The van der Waals surface area contributed by atoms with Crippen LogP contribution in [0.1, 0.15) is 24.2 Å². The quantitative estimate of drug-likeness (QED) is 0.447. The first kappa shape index (κ1) is 15.9. The zero-order valence-corrected chi connectivity index (χ0v) is 11.8. The number of nitro groups is 1. The molecule has 2 N–H and O–H groups in total. The van der Waals surface area contributed by atoms with Crippen molar-refractivity contribution in [1.82, 2.24) is 10.6 Å². The molecule has 0 bridgehead atoms. The van der Waals surface area contributed by atoms with Gasteiger partial charge in [-0.3, -0.25) is 14.9 Å². The fraction of sp³-hybridized carbons (Fsp3) is 0.462. The molecule has 0 saturated carbocycles. The normalized spacial score (nSPS) is 10.4. The molecule has 0 radical (unpaired) electrons. The average molecular weight is 281 g/mol. The van der Waals surface area contributed by atoms with Gasteiger partial charge in [0.05, 0.1) is 12.0 Å². The van der Waals surface area contributed by atoms with Crippen LogP contribution in [0.2, 0.25) is 0 Å². The maximum absolute atomic E-state index is 11.9. The first-order valence-corrected chi connectivity index (χ1v) is 6.29. The van der Waals surface area contributed by atoms with Crippen LogP contribution in [0.4, 0.5) is 5.69 Å². The maximum Gasteiger partial charge on any atom is 0.310 e. The minimum absolute atomic E-state index is 0.0722. The Morgan fingerprint density at radius 2 is 2.10 bits per heavy atom. The first-order chi connectivity index (χ1) is 9.45. The molecule has 110 valence electrons. The number of nitro benzene ring substituents is 1. The maximum atomic E-state index is 11.9. The number of nitrogens with zero attached hydrogens (tertiary/aromatic N) is 1. The van der Waals surface area contributed by atoms with Gasteiger partial charge in [0.25, 0.3) is 5.91 Å². The first-order valence-electron chi connectivity index (χ1n) is 6.29. The molecule has 0 atom stereocenters. The smallest absolute Gasteiger partial charge is 0.310 e. The van der Waals surface area contributed by atoms with Crippen molar-refractivity contribution in [1.29, 1.82) is 0 Å². The number of ether oxygens (including phenoxy) is 1. The van der Waals surface area contributed by atoms with Crippen LogP contribution >= 0.6 is 0 Å². The highest BCUT2D eigenvalue weighted by molar-refractivity contribution is 5.95. The van der Waals surface area contributed by atoms with E-state index in [-0.39, 0.29) is 17.3 Å². The van der Waals surface area contributed by atoms with Gasteiger partial charge in [0, 0.05) is 36.8 Å². The van der Waals surface area contributed by atoms with Gasteiger partial charge in [-0.05, 0) is 6.07 Å². The molecule has 0 saturated heterocycles. The molecule has 1 aromatic carbocycles. The van der Waals surface area contributed by atoms with E-state index in [4.69, 9.17) is 4.74 Å². The summed E-state index contributed by atoms with van der Waals surface area (Å²) < 4.78 is 4.92. The Morgan fingerprint density at radius 1 is 1.40 bits per heavy atom. The van der Waals surface area contributed by atoms with Gasteiger partial charge >= 0.3 is 5.69 Å². The lowest BCUT2D eigenvalue weighted by Gasteiger charge is -2.09. The highest BCUT2D eigenvalue weighted by atomic mass is 16.6. The molecule has 0 aliphatic rings. The van der Waals surface area contributed by atoms with Crippen LogP contribution in [-0.2, 0) is 0 Å². The van der Waals surface area contributed by atoms with Crippen molar-refractivity contribution >= 4 is 11.6 Å². The standard InChI is InChI=1S/C13H19N3O4/c1-9(2)14-6-7-15-13(17)10-4-5-11(16(18)19)12(8-10)20-3/h4-5,8-9,14H,6-7H2,1-3H3,(H,15,17). The lowest BCUT2D eigenvalue weighted by molar-refractivity contribution is -0.385. The number of carbonyl (C=O) groups is 1. The second-order valence-corrected chi connectivity index (χ2v) is 4.51. The van der Waals surface area contributed by atoms with Crippen LogP contribution in [-0.4, -0.2) is 37.1 Å². The van der Waals surface area contributed by atoms with E-state index < -0.39 is 4.92 Å². The molecule has 7 heteroatoms. The predicted molar refractivity (Wildman–Crippen MR) is 75.1 cm³/mol. The molecule has 1 aromatic rings. The third kappa shape index (κ3) is 4.51. The molecule has 20 heavy (non-hydrogen) atoms. The Kier molecular flexibility index (Phi) is 5.92. The van der Waals surface area contributed by atoms with Gasteiger partial charge in [-0.1, -0.05) is 13.8 Å². The fourth-order valence-corrected chi connectivity index (χ4v) is 1.61. The highest BCUT2D eigenvalue weighted by Crippen LogP contribution is 2.27. The van der Waals surface area contributed by atoms with Crippen LogP contribution in [0, 0.1) is 10.1 Å². The number of rotatable bonds is 7. The summed E-state index contributed by atoms with van der Waals surface area (Å²) in [5.41, 5.74) is 0.169. The Morgan fingerprint density at radius 3 is 2.65 bits per heavy atom. The molecule has 0 heterocycles. The van der Waals surface area contributed by atoms with Crippen molar-refractivity contribution in [2.45, 2.75) is 19.9 Å². The summed E-state index contributed by atoms with van der Waals surface area (Å²) >= 11 is 0. The van der Waals surface area contributed by atoms with Crippen molar-refractivity contribution < 1.29 is 14.5 Å². The van der Waals surface area contributed by atoms with Gasteiger partial charge in [0.15, 0.2) is 5.75 Å². The highest BCUT2D eigenvalue weighted by Gasteiger charge is 2.17. The Balaban J connectivity index is 2.67. The molecule has 0 fully saturated rings. The predicted octanol–water partition coefficient (Wildman–Crippen LogP) is 1.33. The van der Waals surface area contributed by atoms with Gasteiger partial charge in [-0.15, -0.1) is 0 Å². The largest absolute Gasteiger partial charge is 0.490 e. The summed E-state index contributed by atoms with van der Waals surface area (Å²) in [6, 6.07) is 4.39. The summed E-state index contributed by atoms with van der Waals surface area (Å²) in [4.78, 5) is 22.1. The minimum Gasteiger partial charge on any atom is -0.490 e. The second-order valence-electron chi connectivity index (χ2n) is 4.51. The summed E-state index contributed by atoms with van der Waals surface area (Å²) in [6.07, 6.45) is 0. The molecular weight excluding hydrogens is 262 g/mol. The molecule has 0 unspecified atom stereocenters. The molecule has 0 spiro atoms. The zero-order valence-electron chi connectivity index (χ0n) is 11.8. The lowest BCUT2D eigenvalue weighted by atomic mass is 10.1. The minimum atomic E-state index is -0.549. The molecule has 1 amide bonds. The van der Waals surface area contributed by atoms with Crippen LogP contribution in [0.25, 0.3) is 0 Å². The summed E-state index contributed by atoms with van der Waals surface area (Å²) in [5.74, 6) is -0.216. The summed E-state index contributed by atoms with van der Waals surface area (Å²) in [5, 5.41) is 16.7. The number of hydrogen-bond donors (Lipinski definition) is 2. The van der Waals surface area contributed by atoms with Crippen LogP contribution in [0.3, 0.4) is 0 Å². The number of amides is 1. The number of carbonyl (C=O) groups excluding carboxylic acids is 1. The van der Waals surface area contributed by atoms with Crippen molar-refractivity contribution in [2.75, 3.05) is 20.2 Å². The molecule has 0 aliphatic carbocycles. The number of methoxy groups -OCH3 is 1. The Labute approximate surface area is 117 Å². The van der Waals surface area contributed by atoms with E-state index >= 15 is 0 Å². The van der Waals surface area contributed by atoms with E-state index in [0.717, 1.165) is 0 Å². The van der Waals surface area contributed by atoms with Crippen molar-refractivity contribution in [3.05, 3.63) is 33.9 Å². The van der Waals surface area contributed by atoms with E-state index in [1.165, 1.54) is 25.3 Å². The number of benzene rings is 1. The van der Waals surface area contributed by atoms with Crippen molar-refractivity contribution in [3.63, 3.8) is 0 Å². The van der Waals surface area contributed by atoms with E-state index in [1.54, 1.807) is 0 Å². The van der Waals surface area contributed by atoms with Crippen molar-refractivity contribution in [3.8, 4) is 5.75 Å². The van der Waals surface area contributed by atoms with Crippen LogP contribution in [0.5, 0.6) is 5.75 Å². The third-order valence-corrected chi connectivity index (χ3v) is 2.60.